The van der Waals surface area contributed by atoms with Crippen LogP contribution in [0.4, 0.5) is 5.82 Å². The van der Waals surface area contributed by atoms with Crippen LogP contribution in [0.3, 0.4) is 0 Å². The molecule has 3 aromatic rings. The molecule has 2 aliphatic carbocycles. The summed E-state index contributed by atoms with van der Waals surface area (Å²) < 4.78 is 1.80. The number of aryl methyl sites for hydroxylation is 1. The van der Waals surface area contributed by atoms with Gasteiger partial charge in [0.15, 0.2) is 0 Å². The monoisotopic (exact) mass is 429 g/mol. The SMILES string of the molecule is Cc1ccccc1C(=O)NCc1ccc(-c2nn(C3C[C@@H]4C[C@@H]4C3)c(N)c2C(N)=O)cc1. The molecule has 3 atom stereocenters. The molecule has 5 rings (SSSR count). The van der Waals surface area contributed by atoms with Gasteiger partial charge in [-0.15, -0.1) is 0 Å². The van der Waals surface area contributed by atoms with Crippen molar-refractivity contribution in [1.82, 2.24) is 15.1 Å². The van der Waals surface area contributed by atoms with Crippen LogP contribution >= 0.6 is 0 Å². The van der Waals surface area contributed by atoms with Crippen molar-refractivity contribution in [3.63, 3.8) is 0 Å². The van der Waals surface area contributed by atoms with Crippen LogP contribution in [0, 0.1) is 18.8 Å². The number of anilines is 1. The minimum Gasteiger partial charge on any atom is -0.383 e. The molecule has 32 heavy (non-hydrogen) atoms. The summed E-state index contributed by atoms with van der Waals surface area (Å²) in [5, 5.41) is 7.66. The van der Waals surface area contributed by atoms with Crippen LogP contribution in [0.15, 0.2) is 48.5 Å². The molecule has 5 N–H and O–H groups in total. The number of carbonyl (C=O) groups excluding carboxylic acids is 2. The van der Waals surface area contributed by atoms with E-state index in [1.165, 1.54) is 6.42 Å². The van der Waals surface area contributed by atoms with Crippen LogP contribution in [0.5, 0.6) is 0 Å². The van der Waals surface area contributed by atoms with Crippen molar-refractivity contribution < 1.29 is 9.59 Å². The molecule has 1 unspecified atom stereocenters. The molecule has 2 aliphatic rings. The molecular weight excluding hydrogens is 402 g/mol. The Morgan fingerprint density at radius 2 is 1.75 bits per heavy atom. The van der Waals surface area contributed by atoms with Crippen LogP contribution < -0.4 is 16.8 Å². The van der Waals surface area contributed by atoms with Gasteiger partial charge in [-0.3, -0.25) is 9.59 Å². The first-order valence-corrected chi connectivity index (χ1v) is 11.0. The first kappa shape index (κ1) is 20.3. The number of carbonyl (C=O) groups is 2. The van der Waals surface area contributed by atoms with E-state index in [9.17, 15) is 9.59 Å². The first-order chi connectivity index (χ1) is 15.4. The molecule has 2 fully saturated rings. The highest BCUT2D eigenvalue weighted by Gasteiger charge is 2.47. The third kappa shape index (κ3) is 3.64. The number of nitrogen functional groups attached to an aromatic ring is 1. The van der Waals surface area contributed by atoms with Crippen LogP contribution in [0.1, 0.15) is 57.1 Å². The van der Waals surface area contributed by atoms with Crippen molar-refractivity contribution in [2.75, 3.05) is 5.73 Å². The Morgan fingerprint density at radius 1 is 1.06 bits per heavy atom. The van der Waals surface area contributed by atoms with Crippen LogP contribution in [0.2, 0.25) is 0 Å². The van der Waals surface area contributed by atoms with Crippen molar-refractivity contribution in [2.24, 2.45) is 17.6 Å². The lowest BCUT2D eigenvalue weighted by Gasteiger charge is -2.14. The average molecular weight is 430 g/mol. The maximum Gasteiger partial charge on any atom is 0.254 e. The summed E-state index contributed by atoms with van der Waals surface area (Å²) in [6.45, 7) is 2.32. The lowest BCUT2D eigenvalue weighted by Crippen LogP contribution is -2.23. The molecule has 0 spiro atoms. The zero-order chi connectivity index (χ0) is 22.4. The molecule has 0 bridgehead atoms. The summed E-state index contributed by atoms with van der Waals surface area (Å²) in [7, 11) is 0. The molecule has 2 aromatic carbocycles. The van der Waals surface area contributed by atoms with Gasteiger partial charge in [0.25, 0.3) is 11.8 Å². The minimum absolute atomic E-state index is 0.107. The molecule has 7 heteroatoms. The van der Waals surface area contributed by atoms with Gasteiger partial charge in [0.1, 0.15) is 17.1 Å². The van der Waals surface area contributed by atoms with Crippen LogP contribution in [-0.2, 0) is 6.54 Å². The summed E-state index contributed by atoms with van der Waals surface area (Å²) >= 11 is 0. The van der Waals surface area contributed by atoms with E-state index >= 15 is 0 Å². The maximum absolute atomic E-state index is 12.4. The minimum atomic E-state index is -0.568. The van der Waals surface area contributed by atoms with Gasteiger partial charge < -0.3 is 16.8 Å². The second kappa shape index (κ2) is 7.82. The fraction of sp³-hybridized carbons (Fsp3) is 0.320. The third-order valence-electron chi connectivity index (χ3n) is 6.83. The zero-order valence-corrected chi connectivity index (χ0v) is 18.0. The predicted octanol–water partition coefficient (Wildman–Crippen LogP) is 3.44. The largest absolute Gasteiger partial charge is 0.383 e. The number of benzene rings is 2. The van der Waals surface area contributed by atoms with E-state index in [0.29, 0.717) is 23.6 Å². The van der Waals surface area contributed by atoms with Crippen molar-refractivity contribution >= 4 is 17.6 Å². The van der Waals surface area contributed by atoms with E-state index in [0.717, 1.165) is 41.4 Å². The molecule has 1 heterocycles. The van der Waals surface area contributed by atoms with Crippen molar-refractivity contribution in [2.45, 2.75) is 38.8 Å². The van der Waals surface area contributed by atoms with Crippen molar-refractivity contribution in [3.8, 4) is 11.3 Å². The number of aromatic nitrogens is 2. The molecule has 164 valence electrons. The number of primary amides is 1. The van der Waals surface area contributed by atoms with Gasteiger partial charge in [0.05, 0.1) is 6.04 Å². The molecular formula is C25H27N5O2. The highest BCUT2D eigenvalue weighted by molar-refractivity contribution is 6.03. The second-order valence-corrected chi connectivity index (χ2v) is 8.99. The number of nitrogens with zero attached hydrogens (tertiary/aromatic N) is 2. The fourth-order valence-corrected chi connectivity index (χ4v) is 4.94. The molecule has 0 radical (unpaired) electrons. The molecule has 0 saturated heterocycles. The molecule has 1 aromatic heterocycles. The van der Waals surface area contributed by atoms with E-state index in [4.69, 9.17) is 16.6 Å². The first-order valence-electron chi connectivity index (χ1n) is 11.0. The van der Waals surface area contributed by atoms with E-state index in [1.807, 2.05) is 55.5 Å². The summed E-state index contributed by atoms with van der Waals surface area (Å²) in [4.78, 5) is 24.6. The van der Waals surface area contributed by atoms with E-state index in [1.54, 1.807) is 4.68 Å². The van der Waals surface area contributed by atoms with Gasteiger partial charge in [-0.25, -0.2) is 4.68 Å². The summed E-state index contributed by atoms with van der Waals surface area (Å²) in [5.41, 5.74) is 16.1. The lowest BCUT2D eigenvalue weighted by atomic mass is 10.0. The average Bonchev–Trinajstić information content (AvgIpc) is 3.23. The van der Waals surface area contributed by atoms with Crippen LogP contribution in [0.25, 0.3) is 11.3 Å². The standard InChI is InChI=1S/C25H27N5O2/c1-14-4-2-3-5-20(14)25(32)28-13-15-6-8-16(9-7-15)22-21(24(27)31)23(26)30(29-22)19-11-17-10-18(17)12-19/h2-9,17-19H,10-13,26H2,1H3,(H2,27,31)(H,28,32)/t17-,18+,19?. The number of amides is 2. The Morgan fingerprint density at radius 3 is 2.41 bits per heavy atom. The van der Waals surface area contributed by atoms with Gasteiger partial charge in [0, 0.05) is 17.7 Å². The normalized spacial score (nSPS) is 21.2. The van der Waals surface area contributed by atoms with Gasteiger partial charge >= 0.3 is 0 Å². The predicted molar refractivity (Wildman–Crippen MR) is 123 cm³/mol. The summed E-state index contributed by atoms with van der Waals surface area (Å²) in [5.74, 6) is 1.23. The smallest absolute Gasteiger partial charge is 0.254 e. The van der Waals surface area contributed by atoms with Gasteiger partial charge in [-0.1, -0.05) is 42.5 Å². The summed E-state index contributed by atoms with van der Waals surface area (Å²) in [6.07, 6.45) is 3.43. The quantitative estimate of drug-likeness (QED) is 0.556. The van der Waals surface area contributed by atoms with Gasteiger partial charge in [0.2, 0.25) is 0 Å². The Bertz CT molecular complexity index is 1190. The zero-order valence-electron chi connectivity index (χ0n) is 18.0. The lowest BCUT2D eigenvalue weighted by molar-refractivity contribution is 0.0949. The number of nitrogens with two attached hydrogens (primary N) is 2. The second-order valence-electron chi connectivity index (χ2n) is 8.99. The highest BCUT2D eigenvalue weighted by atomic mass is 16.2. The topological polar surface area (TPSA) is 116 Å². The Hall–Kier alpha value is -3.61. The Balaban J connectivity index is 1.34. The third-order valence-corrected chi connectivity index (χ3v) is 6.83. The molecule has 0 aliphatic heterocycles. The highest BCUT2D eigenvalue weighted by Crippen LogP contribution is 2.56. The fourth-order valence-electron chi connectivity index (χ4n) is 4.94. The van der Waals surface area contributed by atoms with E-state index in [-0.39, 0.29) is 17.5 Å². The molecule has 7 nitrogen and oxygen atoms in total. The Labute approximate surface area is 186 Å². The van der Waals surface area contributed by atoms with Crippen molar-refractivity contribution in [3.05, 3.63) is 70.8 Å². The van der Waals surface area contributed by atoms with Crippen molar-refractivity contribution in [1.29, 1.82) is 0 Å². The number of hydrogen-bond acceptors (Lipinski definition) is 4. The van der Waals surface area contributed by atoms with Crippen LogP contribution in [-0.4, -0.2) is 21.6 Å². The molecule has 2 amide bonds. The maximum atomic E-state index is 12.4. The molecule has 2 saturated carbocycles. The van der Waals surface area contributed by atoms with Gasteiger partial charge in [-0.2, -0.15) is 5.10 Å². The number of hydrogen-bond donors (Lipinski definition) is 3. The number of fused-ring (bicyclic) bond motifs is 1. The number of nitrogens with one attached hydrogen (secondary N) is 1. The van der Waals surface area contributed by atoms with E-state index < -0.39 is 5.91 Å². The summed E-state index contributed by atoms with van der Waals surface area (Å²) in [6, 6.07) is 15.3. The Kier molecular flexibility index (Phi) is 4.96. The number of rotatable bonds is 6. The van der Waals surface area contributed by atoms with Gasteiger partial charge in [-0.05, 0) is 55.2 Å². The van der Waals surface area contributed by atoms with E-state index in [2.05, 4.69) is 5.32 Å².